The van der Waals surface area contributed by atoms with Crippen LogP contribution in [-0.4, -0.2) is 34.9 Å². The van der Waals surface area contributed by atoms with Crippen LogP contribution in [0.25, 0.3) is 11.7 Å². The average Bonchev–Trinajstić information content (AvgIpc) is 3.13. The van der Waals surface area contributed by atoms with Crippen molar-refractivity contribution in [3.05, 3.63) is 81.8 Å². The van der Waals surface area contributed by atoms with Gasteiger partial charge in [-0.05, 0) is 43.0 Å². The first-order chi connectivity index (χ1) is 16.2. The maximum Gasteiger partial charge on any atom is 0.267 e. The van der Waals surface area contributed by atoms with Crippen LogP contribution >= 0.6 is 0 Å². The Bertz CT molecular complexity index is 1250. The Morgan fingerprint density at radius 1 is 1.06 bits per heavy atom. The number of fused-ring (bicyclic) bond motifs is 1. The Kier molecular flexibility index (Phi) is 7.16. The first-order valence-corrected chi connectivity index (χ1v) is 11.4. The molecule has 7 nitrogen and oxygen atoms in total. The lowest BCUT2D eigenvalue weighted by molar-refractivity contribution is -0.117. The standard InChI is InChI=1S/C26H27N5O2/c27-19-21(25(32)28-14-13-20-10-4-3-5-11-20)18-22-24(30-15-7-1-2-8-16-30)29-23-12-6-9-17-31(23)26(22)33/h3-6,9-12,17-18H,1-2,7-8,13-16H2,(H,28,32)/b21-18+. The van der Waals surface area contributed by atoms with Gasteiger partial charge in [-0.2, -0.15) is 5.26 Å². The topological polar surface area (TPSA) is 90.5 Å². The summed E-state index contributed by atoms with van der Waals surface area (Å²) in [5.74, 6) is 0.0470. The summed E-state index contributed by atoms with van der Waals surface area (Å²) in [7, 11) is 0. The van der Waals surface area contributed by atoms with E-state index in [1.54, 1.807) is 18.3 Å². The zero-order valence-electron chi connectivity index (χ0n) is 18.5. The molecule has 1 aliphatic rings. The highest BCUT2D eigenvalue weighted by Gasteiger charge is 2.20. The number of carbonyl (C=O) groups is 1. The van der Waals surface area contributed by atoms with Crippen LogP contribution in [0.2, 0.25) is 0 Å². The second-order valence-corrected chi connectivity index (χ2v) is 8.15. The Morgan fingerprint density at radius 2 is 1.79 bits per heavy atom. The quantitative estimate of drug-likeness (QED) is 0.468. The first-order valence-electron chi connectivity index (χ1n) is 11.4. The highest BCUT2D eigenvalue weighted by atomic mass is 16.1. The molecule has 3 aromatic rings. The van der Waals surface area contributed by atoms with E-state index >= 15 is 0 Å². The van der Waals surface area contributed by atoms with Crippen molar-refractivity contribution in [3.63, 3.8) is 0 Å². The number of rotatable bonds is 6. The van der Waals surface area contributed by atoms with Crippen molar-refractivity contribution in [2.24, 2.45) is 0 Å². The van der Waals surface area contributed by atoms with E-state index in [0.717, 1.165) is 44.3 Å². The molecule has 1 fully saturated rings. The highest BCUT2D eigenvalue weighted by Crippen LogP contribution is 2.22. The Balaban J connectivity index is 1.66. The third-order valence-corrected chi connectivity index (χ3v) is 5.85. The monoisotopic (exact) mass is 441 g/mol. The Hall–Kier alpha value is -3.92. The maximum atomic E-state index is 13.4. The van der Waals surface area contributed by atoms with Crippen LogP contribution in [0, 0.1) is 11.3 Å². The number of benzene rings is 1. The van der Waals surface area contributed by atoms with Crippen LogP contribution in [0.1, 0.15) is 36.8 Å². The van der Waals surface area contributed by atoms with Crippen molar-refractivity contribution in [2.45, 2.75) is 32.1 Å². The number of amides is 1. The van der Waals surface area contributed by atoms with Gasteiger partial charge in [0.25, 0.3) is 11.5 Å². The summed E-state index contributed by atoms with van der Waals surface area (Å²) in [6.45, 7) is 1.98. The fourth-order valence-corrected chi connectivity index (χ4v) is 4.09. The molecule has 0 spiro atoms. The number of hydrogen-bond donors (Lipinski definition) is 1. The molecule has 0 saturated carbocycles. The van der Waals surface area contributed by atoms with Gasteiger partial charge in [-0.25, -0.2) is 4.98 Å². The summed E-state index contributed by atoms with van der Waals surface area (Å²) in [6, 6.07) is 17.2. The second-order valence-electron chi connectivity index (χ2n) is 8.15. The number of carbonyl (C=O) groups excluding carboxylic acids is 1. The third kappa shape index (κ3) is 5.29. The zero-order valence-corrected chi connectivity index (χ0v) is 18.5. The van der Waals surface area contributed by atoms with Crippen molar-refractivity contribution < 1.29 is 4.79 Å². The van der Waals surface area contributed by atoms with Crippen molar-refractivity contribution in [1.82, 2.24) is 14.7 Å². The summed E-state index contributed by atoms with van der Waals surface area (Å²) in [4.78, 5) is 33.0. The van der Waals surface area contributed by atoms with Gasteiger partial charge < -0.3 is 10.2 Å². The molecule has 1 saturated heterocycles. The summed E-state index contributed by atoms with van der Waals surface area (Å²) in [6.07, 6.45) is 8.02. The van der Waals surface area contributed by atoms with Gasteiger partial charge in [-0.15, -0.1) is 0 Å². The summed E-state index contributed by atoms with van der Waals surface area (Å²) in [5.41, 5.74) is 1.53. The number of pyridine rings is 1. The predicted octanol–water partition coefficient (Wildman–Crippen LogP) is 3.34. The lowest BCUT2D eigenvalue weighted by atomic mass is 10.1. The summed E-state index contributed by atoms with van der Waals surface area (Å²) < 4.78 is 1.45. The zero-order chi connectivity index (χ0) is 23.0. The SMILES string of the molecule is N#C/C(=C\c1c(N2CCCCCC2)nc2ccccn2c1=O)C(=O)NCCc1ccccc1. The van der Waals surface area contributed by atoms with Gasteiger partial charge >= 0.3 is 0 Å². The minimum absolute atomic E-state index is 0.103. The van der Waals surface area contributed by atoms with Crippen molar-refractivity contribution in [2.75, 3.05) is 24.5 Å². The van der Waals surface area contributed by atoms with E-state index in [9.17, 15) is 14.9 Å². The molecule has 1 N–H and O–H groups in total. The van der Waals surface area contributed by atoms with Crippen LogP contribution in [0.3, 0.4) is 0 Å². The molecule has 168 valence electrons. The van der Waals surface area contributed by atoms with Gasteiger partial charge in [0.15, 0.2) is 0 Å². The van der Waals surface area contributed by atoms with E-state index in [4.69, 9.17) is 4.98 Å². The summed E-state index contributed by atoms with van der Waals surface area (Å²) in [5, 5.41) is 12.5. The Morgan fingerprint density at radius 3 is 2.52 bits per heavy atom. The molecule has 0 atom stereocenters. The number of aromatic nitrogens is 2. The van der Waals surface area contributed by atoms with E-state index < -0.39 is 5.91 Å². The molecule has 4 rings (SSSR count). The molecular formula is C26H27N5O2. The minimum atomic E-state index is -0.493. The van der Waals surface area contributed by atoms with Crippen LogP contribution in [0.5, 0.6) is 0 Å². The van der Waals surface area contributed by atoms with Gasteiger partial charge in [0.05, 0.1) is 5.56 Å². The predicted molar refractivity (Wildman–Crippen MR) is 129 cm³/mol. The molecule has 0 radical (unpaired) electrons. The van der Waals surface area contributed by atoms with Gasteiger partial charge in [-0.3, -0.25) is 14.0 Å². The average molecular weight is 442 g/mol. The third-order valence-electron chi connectivity index (χ3n) is 5.85. The molecule has 3 heterocycles. The number of nitrogens with zero attached hydrogens (tertiary/aromatic N) is 4. The van der Waals surface area contributed by atoms with Crippen molar-refractivity contribution >= 4 is 23.4 Å². The highest BCUT2D eigenvalue weighted by molar-refractivity contribution is 6.02. The van der Waals surface area contributed by atoms with E-state index in [1.165, 1.54) is 10.5 Å². The van der Waals surface area contributed by atoms with Gasteiger partial charge in [-0.1, -0.05) is 49.2 Å². The lowest BCUT2D eigenvalue weighted by Crippen LogP contribution is -2.31. The van der Waals surface area contributed by atoms with E-state index in [0.29, 0.717) is 24.4 Å². The van der Waals surface area contributed by atoms with Crippen molar-refractivity contribution in [3.8, 4) is 6.07 Å². The molecule has 7 heteroatoms. The molecular weight excluding hydrogens is 414 g/mol. The second kappa shape index (κ2) is 10.6. The van der Waals surface area contributed by atoms with Crippen LogP contribution in [0.15, 0.2) is 65.1 Å². The summed E-state index contributed by atoms with van der Waals surface area (Å²) >= 11 is 0. The van der Waals surface area contributed by atoms with Gasteiger partial charge in [0, 0.05) is 25.8 Å². The van der Waals surface area contributed by atoms with Crippen LogP contribution in [0.4, 0.5) is 5.82 Å². The maximum absolute atomic E-state index is 13.4. The number of nitrogens with one attached hydrogen (secondary N) is 1. The van der Waals surface area contributed by atoms with Crippen LogP contribution in [-0.2, 0) is 11.2 Å². The molecule has 1 aromatic carbocycles. The fraction of sp³-hybridized carbons (Fsp3) is 0.308. The molecule has 1 aliphatic heterocycles. The lowest BCUT2D eigenvalue weighted by Gasteiger charge is -2.23. The largest absolute Gasteiger partial charge is 0.356 e. The normalized spacial score (nSPS) is 14.5. The molecule has 0 unspecified atom stereocenters. The molecule has 1 amide bonds. The smallest absolute Gasteiger partial charge is 0.267 e. The van der Waals surface area contributed by atoms with E-state index in [2.05, 4.69) is 10.2 Å². The van der Waals surface area contributed by atoms with Crippen molar-refractivity contribution in [1.29, 1.82) is 5.26 Å². The minimum Gasteiger partial charge on any atom is -0.356 e. The number of hydrogen-bond acceptors (Lipinski definition) is 5. The first kappa shape index (κ1) is 22.3. The number of anilines is 1. The van der Waals surface area contributed by atoms with Crippen LogP contribution < -0.4 is 15.8 Å². The molecule has 0 bridgehead atoms. The van der Waals surface area contributed by atoms with E-state index in [1.807, 2.05) is 42.5 Å². The van der Waals surface area contributed by atoms with E-state index in [-0.39, 0.29) is 16.7 Å². The molecule has 33 heavy (non-hydrogen) atoms. The van der Waals surface area contributed by atoms with Gasteiger partial charge in [0.1, 0.15) is 23.1 Å². The fourth-order valence-electron chi connectivity index (χ4n) is 4.09. The molecule has 0 aliphatic carbocycles. The number of nitriles is 1. The Labute approximate surface area is 193 Å². The molecule has 2 aromatic heterocycles. The van der Waals surface area contributed by atoms with Gasteiger partial charge in [0.2, 0.25) is 0 Å².